The van der Waals surface area contributed by atoms with E-state index in [0.717, 1.165) is 17.7 Å². The molecule has 0 saturated heterocycles. The Kier molecular flexibility index (Phi) is 4.53. The molecular weight excluding hydrogens is 279 g/mol. The van der Waals surface area contributed by atoms with E-state index in [4.69, 9.17) is 5.73 Å². The van der Waals surface area contributed by atoms with Gasteiger partial charge < -0.3 is 10.8 Å². The Labute approximate surface area is 121 Å². The molecule has 0 spiro atoms. The third-order valence-electron chi connectivity index (χ3n) is 3.19. The van der Waals surface area contributed by atoms with Crippen LogP contribution < -0.4 is 5.73 Å². The average Bonchev–Trinajstić information content (AvgIpc) is 2.41. The van der Waals surface area contributed by atoms with E-state index in [9.17, 15) is 18.3 Å². The molecule has 0 radical (unpaired) electrons. The van der Waals surface area contributed by atoms with Gasteiger partial charge in [-0.25, -0.2) is 0 Å². The predicted octanol–water partition coefficient (Wildman–Crippen LogP) is 3.52. The molecule has 0 heterocycles. The second-order valence-electron chi connectivity index (χ2n) is 5.03. The van der Waals surface area contributed by atoms with Crippen molar-refractivity contribution in [1.82, 2.24) is 0 Å². The van der Waals surface area contributed by atoms with Crippen LogP contribution in [0.4, 0.5) is 13.2 Å². The lowest BCUT2D eigenvalue weighted by Crippen LogP contribution is -2.25. The maximum absolute atomic E-state index is 12.6. The first-order valence-electron chi connectivity index (χ1n) is 6.54. The quantitative estimate of drug-likeness (QED) is 0.906. The van der Waals surface area contributed by atoms with Crippen molar-refractivity contribution in [3.63, 3.8) is 0 Å². The molecule has 2 aromatic carbocycles. The monoisotopic (exact) mass is 295 g/mol. The van der Waals surface area contributed by atoms with Gasteiger partial charge in [-0.15, -0.1) is 0 Å². The fourth-order valence-electron chi connectivity index (χ4n) is 2.18. The number of halogens is 3. The lowest BCUT2D eigenvalue weighted by atomic mass is 9.98. The summed E-state index contributed by atoms with van der Waals surface area (Å²) in [7, 11) is 0. The van der Waals surface area contributed by atoms with Gasteiger partial charge in [-0.3, -0.25) is 0 Å². The summed E-state index contributed by atoms with van der Waals surface area (Å²) in [5, 5.41) is 9.19. The molecule has 0 fully saturated rings. The van der Waals surface area contributed by atoms with E-state index >= 15 is 0 Å². The van der Waals surface area contributed by atoms with Crippen LogP contribution in [-0.4, -0.2) is 11.1 Å². The Bertz CT molecular complexity index is 593. The lowest BCUT2D eigenvalue weighted by Gasteiger charge is -2.13. The van der Waals surface area contributed by atoms with Crippen LogP contribution in [0, 0.1) is 0 Å². The molecule has 0 aliphatic rings. The summed E-state index contributed by atoms with van der Waals surface area (Å²) in [6.07, 6.45) is -3.43. The second kappa shape index (κ2) is 6.18. The molecule has 2 rings (SSSR count). The minimum Gasteiger partial charge on any atom is -0.508 e. The first-order chi connectivity index (χ1) is 9.84. The topological polar surface area (TPSA) is 46.2 Å². The van der Waals surface area contributed by atoms with Gasteiger partial charge in [0.1, 0.15) is 5.75 Å². The fourth-order valence-corrected chi connectivity index (χ4v) is 2.18. The average molecular weight is 295 g/mol. The minimum absolute atomic E-state index is 0.171. The van der Waals surface area contributed by atoms with E-state index in [1.54, 1.807) is 30.3 Å². The number of phenols is 1. The number of alkyl halides is 3. The van der Waals surface area contributed by atoms with Crippen molar-refractivity contribution in [2.24, 2.45) is 5.73 Å². The van der Waals surface area contributed by atoms with E-state index in [1.165, 1.54) is 6.07 Å². The van der Waals surface area contributed by atoms with Crippen LogP contribution in [0.3, 0.4) is 0 Å². The van der Waals surface area contributed by atoms with Gasteiger partial charge in [-0.1, -0.05) is 30.3 Å². The highest BCUT2D eigenvalue weighted by Gasteiger charge is 2.30. The summed E-state index contributed by atoms with van der Waals surface area (Å²) in [6.45, 7) is 0. The van der Waals surface area contributed by atoms with Crippen LogP contribution in [0.15, 0.2) is 48.5 Å². The van der Waals surface area contributed by atoms with Crippen LogP contribution in [0.5, 0.6) is 5.75 Å². The third-order valence-corrected chi connectivity index (χ3v) is 3.19. The molecule has 1 unspecified atom stereocenters. The zero-order chi connectivity index (χ0) is 15.5. The fraction of sp³-hybridized carbons (Fsp3) is 0.250. The summed E-state index contributed by atoms with van der Waals surface area (Å²) in [4.78, 5) is 0. The highest BCUT2D eigenvalue weighted by Crippen LogP contribution is 2.29. The Morgan fingerprint density at radius 3 is 2.19 bits per heavy atom. The number of aromatic hydroxyl groups is 1. The van der Waals surface area contributed by atoms with E-state index in [2.05, 4.69) is 0 Å². The highest BCUT2D eigenvalue weighted by molar-refractivity contribution is 5.28. The van der Waals surface area contributed by atoms with Gasteiger partial charge in [0.2, 0.25) is 0 Å². The summed E-state index contributed by atoms with van der Waals surface area (Å²) in [5.74, 6) is 0.171. The molecule has 2 nitrogen and oxygen atoms in total. The van der Waals surface area contributed by atoms with Gasteiger partial charge in [0, 0.05) is 6.04 Å². The lowest BCUT2D eigenvalue weighted by molar-refractivity contribution is -0.137. The van der Waals surface area contributed by atoms with Gasteiger partial charge in [0.05, 0.1) is 5.56 Å². The van der Waals surface area contributed by atoms with Crippen LogP contribution in [0.25, 0.3) is 0 Å². The molecule has 0 aliphatic heterocycles. The van der Waals surface area contributed by atoms with Crippen molar-refractivity contribution in [3.8, 4) is 5.75 Å². The normalized spacial score (nSPS) is 13.1. The van der Waals surface area contributed by atoms with Gasteiger partial charge >= 0.3 is 6.18 Å². The van der Waals surface area contributed by atoms with Crippen LogP contribution in [0.1, 0.15) is 16.7 Å². The van der Waals surface area contributed by atoms with Crippen LogP contribution >= 0.6 is 0 Å². The molecule has 3 N–H and O–H groups in total. The minimum atomic E-state index is -4.34. The van der Waals surface area contributed by atoms with Crippen molar-refractivity contribution in [2.75, 3.05) is 0 Å². The molecule has 21 heavy (non-hydrogen) atoms. The standard InChI is InChI=1S/C16H16F3NO/c17-16(18,19)13-3-1-2-12(8-13)10-14(20)9-11-4-6-15(21)7-5-11/h1-8,14,21H,9-10,20H2. The molecule has 0 aromatic heterocycles. The number of hydrogen-bond acceptors (Lipinski definition) is 2. The molecular formula is C16H16F3NO. The molecule has 1 atom stereocenters. The zero-order valence-corrected chi connectivity index (χ0v) is 11.3. The van der Waals surface area contributed by atoms with Gasteiger partial charge in [-0.05, 0) is 42.2 Å². The summed E-state index contributed by atoms with van der Waals surface area (Å²) < 4.78 is 37.9. The number of rotatable bonds is 4. The molecule has 0 saturated carbocycles. The molecule has 0 bridgehead atoms. The van der Waals surface area contributed by atoms with E-state index in [0.29, 0.717) is 18.4 Å². The number of benzene rings is 2. The Hall–Kier alpha value is -2.01. The van der Waals surface area contributed by atoms with Gasteiger partial charge in [-0.2, -0.15) is 13.2 Å². The largest absolute Gasteiger partial charge is 0.508 e. The molecule has 0 amide bonds. The highest BCUT2D eigenvalue weighted by atomic mass is 19.4. The molecule has 0 aliphatic carbocycles. The zero-order valence-electron chi connectivity index (χ0n) is 11.3. The predicted molar refractivity (Wildman–Crippen MR) is 74.9 cm³/mol. The third kappa shape index (κ3) is 4.49. The SMILES string of the molecule is NC(Cc1ccc(O)cc1)Cc1cccc(C(F)(F)F)c1. The number of nitrogens with two attached hydrogens (primary N) is 1. The van der Waals surface area contributed by atoms with Gasteiger partial charge in [0.15, 0.2) is 0 Å². The molecule has 2 aromatic rings. The number of phenolic OH excluding ortho intramolecular Hbond substituents is 1. The summed E-state index contributed by atoms with van der Waals surface area (Å²) in [5.41, 5.74) is 6.84. The van der Waals surface area contributed by atoms with Crippen molar-refractivity contribution in [3.05, 3.63) is 65.2 Å². The van der Waals surface area contributed by atoms with Crippen molar-refractivity contribution in [1.29, 1.82) is 0 Å². The maximum atomic E-state index is 12.6. The second-order valence-corrected chi connectivity index (χ2v) is 5.03. The first-order valence-corrected chi connectivity index (χ1v) is 6.54. The Morgan fingerprint density at radius 1 is 0.952 bits per heavy atom. The van der Waals surface area contributed by atoms with E-state index < -0.39 is 11.7 Å². The Balaban J connectivity index is 2.02. The smallest absolute Gasteiger partial charge is 0.416 e. The van der Waals surface area contributed by atoms with Crippen LogP contribution in [-0.2, 0) is 19.0 Å². The van der Waals surface area contributed by atoms with Crippen molar-refractivity contribution < 1.29 is 18.3 Å². The van der Waals surface area contributed by atoms with Crippen LogP contribution in [0.2, 0.25) is 0 Å². The Morgan fingerprint density at radius 2 is 1.57 bits per heavy atom. The molecule has 112 valence electrons. The summed E-state index contributed by atoms with van der Waals surface area (Å²) >= 11 is 0. The maximum Gasteiger partial charge on any atom is 0.416 e. The van der Waals surface area contributed by atoms with Crippen molar-refractivity contribution >= 4 is 0 Å². The molecule has 5 heteroatoms. The van der Waals surface area contributed by atoms with E-state index in [1.807, 2.05) is 0 Å². The summed E-state index contributed by atoms with van der Waals surface area (Å²) in [6, 6.07) is 11.6. The van der Waals surface area contributed by atoms with Crippen molar-refractivity contribution in [2.45, 2.75) is 25.1 Å². The van der Waals surface area contributed by atoms with Gasteiger partial charge in [0.25, 0.3) is 0 Å². The first kappa shape index (κ1) is 15.4. The number of hydrogen-bond donors (Lipinski definition) is 2. The van der Waals surface area contributed by atoms with E-state index in [-0.39, 0.29) is 11.8 Å².